The first-order valence-corrected chi connectivity index (χ1v) is 9.30. The third-order valence-corrected chi connectivity index (χ3v) is 6.91. The summed E-state index contributed by atoms with van der Waals surface area (Å²) in [5.74, 6) is -2.31. The normalized spacial score (nSPS) is 53.9. The predicted octanol–water partition coefficient (Wildman–Crippen LogP) is 1.93. The van der Waals surface area contributed by atoms with Crippen molar-refractivity contribution in [2.75, 3.05) is 0 Å². The van der Waals surface area contributed by atoms with Gasteiger partial charge in [-0.25, -0.2) is 0 Å². The van der Waals surface area contributed by atoms with Gasteiger partial charge in [-0.2, -0.15) is 0 Å². The molecule has 0 aliphatic carbocycles. The Hall–Kier alpha value is -1.50. The molecular formula is C20H24O6. The van der Waals surface area contributed by atoms with Crippen LogP contribution in [0.3, 0.4) is 0 Å². The van der Waals surface area contributed by atoms with E-state index in [9.17, 15) is 9.59 Å². The van der Waals surface area contributed by atoms with Crippen LogP contribution in [-0.4, -0.2) is 47.6 Å². The maximum atomic E-state index is 13.1. The molecule has 5 fully saturated rings. The van der Waals surface area contributed by atoms with E-state index in [1.807, 2.05) is 13.8 Å². The molecule has 9 atom stereocenters. The van der Waals surface area contributed by atoms with Gasteiger partial charge in [-0.05, 0) is 33.6 Å². The van der Waals surface area contributed by atoms with Crippen molar-refractivity contribution < 1.29 is 28.5 Å². The lowest BCUT2D eigenvalue weighted by molar-refractivity contribution is -0.279. The van der Waals surface area contributed by atoms with Gasteiger partial charge in [0.25, 0.3) is 0 Å². The van der Waals surface area contributed by atoms with Crippen molar-refractivity contribution in [3.63, 3.8) is 0 Å². The predicted molar refractivity (Wildman–Crippen MR) is 90.0 cm³/mol. The van der Waals surface area contributed by atoms with Gasteiger partial charge in [0.1, 0.15) is 24.4 Å². The van der Waals surface area contributed by atoms with E-state index < -0.39 is 35.8 Å². The highest BCUT2D eigenvalue weighted by atomic mass is 16.8. The van der Waals surface area contributed by atoms with E-state index in [0.717, 1.165) is 11.1 Å². The lowest BCUT2D eigenvalue weighted by atomic mass is 9.74. The van der Waals surface area contributed by atoms with Crippen molar-refractivity contribution >= 4 is 11.8 Å². The van der Waals surface area contributed by atoms with E-state index in [0.29, 0.717) is 12.8 Å². The molecule has 5 saturated heterocycles. The maximum Gasteiger partial charge on any atom is 0.312 e. The molecule has 5 aliphatic rings. The first-order chi connectivity index (χ1) is 12.2. The molecule has 6 nitrogen and oxygen atoms in total. The third kappa shape index (κ3) is 1.78. The van der Waals surface area contributed by atoms with E-state index in [4.69, 9.17) is 18.9 Å². The van der Waals surface area contributed by atoms with E-state index >= 15 is 0 Å². The summed E-state index contributed by atoms with van der Waals surface area (Å²) in [6.45, 7) is 13.8. The van der Waals surface area contributed by atoms with Crippen molar-refractivity contribution in [1.29, 1.82) is 0 Å². The largest absolute Gasteiger partial charge is 0.458 e. The van der Waals surface area contributed by atoms with Crippen molar-refractivity contribution in [3.8, 4) is 0 Å². The Morgan fingerprint density at radius 3 is 2.42 bits per heavy atom. The van der Waals surface area contributed by atoms with E-state index in [2.05, 4.69) is 13.2 Å². The van der Waals surface area contributed by atoms with Crippen molar-refractivity contribution in [1.82, 2.24) is 0 Å². The Balaban J connectivity index is 1.69. The lowest BCUT2D eigenvalue weighted by Crippen LogP contribution is -2.60. The van der Waals surface area contributed by atoms with Crippen LogP contribution in [0.1, 0.15) is 33.6 Å². The molecule has 0 radical (unpaired) electrons. The number of epoxide rings is 1. The smallest absolute Gasteiger partial charge is 0.312 e. The maximum absolute atomic E-state index is 13.1. The van der Waals surface area contributed by atoms with Gasteiger partial charge in [-0.1, -0.05) is 24.3 Å². The van der Waals surface area contributed by atoms with Crippen LogP contribution in [0, 0.1) is 17.8 Å². The number of ether oxygens (including phenoxy) is 4. The van der Waals surface area contributed by atoms with Gasteiger partial charge in [0.2, 0.25) is 5.79 Å². The zero-order valence-corrected chi connectivity index (χ0v) is 15.3. The second kappa shape index (κ2) is 4.86. The molecule has 5 aliphatic heterocycles. The van der Waals surface area contributed by atoms with Gasteiger partial charge < -0.3 is 18.9 Å². The summed E-state index contributed by atoms with van der Waals surface area (Å²) in [6.07, 6.45) is -0.804. The topological polar surface area (TPSA) is 74.4 Å². The number of esters is 1. The van der Waals surface area contributed by atoms with E-state index in [1.165, 1.54) is 0 Å². The number of ketones is 1. The number of hydrogen-bond acceptors (Lipinski definition) is 6. The average Bonchev–Trinajstić information content (AvgIpc) is 3.04. The Kier molecular flexibility index (Phi) is 3.11. The van der Waals surface area contributed by atoms with Crippen molar-refractivity contribution in [2.45, 2.75) is 69.4 Å². The molecule has 1 spiro atoms. The monoisotopic (exact) mass is 360 g/mol. The first kappa shape index (κ1) is 16.7. The molecule has 0 N–H and O–H groups in total. The van der Waals surface area contributed by atoms with Crippen LogP contribution >= 0.6 is 0 Å². The number of carbonyl (C=O) groups is 2. The molecule has 6 heteroatoms. The second-order valence-corrected chi connectivity index (χ2v) is 8.67. The summed E-state index contributed by atoms with van der Waals surface area (Å²) in [5.41, 5.74) is 0.755. The number of carbonyl (C=O) groups excluding carboxylic acids is 2. The molecule has 5 heterocycles. The number of rotatable bonds is 2. The molecular weight excluding hydrogens is 336 g/mol. The molecule has 0 unspecified atom stereocenters. The summed E-state index contributed by atoms with van der Waals surface area (Å²) in [5, 5.41) is 0. The summed E-state index contributed by atoms with van der Waals surface area (Å²) < 4.78 is 24.5. The molecule has 0 aromatic heterocycles. The fourth-order valence-corrected chi connectivity index (χ4v) is 5.55. The van der Waals surface area contributed by atoms with Crippen LogP contribution < -0.4 is 0 Å². The summed E-state index contributed by atoms with van der Waals surface area (Å²) in [4.78, 5) is 25.6. The van der Waals surface area contributed by atoms with Gasteiger partial charge >= 0.3 is 5.97 Å². The highest BCUT2D eigenvalue weighted by Crippen LogP contribution is 2.62. The van der Waals surface area contributed by atoms with Crippen LogP contribution in [0.15, 0.2) is 24.3 Å². The van der Waals surface area contributed by atoms with Gasteiger partial charge in [-0.3, -0.25) is 9.59 Å². The highest BCUT2D eigenvalue weighted by molar-refractivity contribution is 5.96. The van der Waals surface area contributed by atoms with E-state index in [1.54, 1.807) is 6.92 Å². The molecule has 0 aromatic carbocycles. The molecule has 0 amide bonds. The van der Waals surface area contributed by atoms with Crippen LogP contribution in [0.5, 0.6) is 0 Å². The quantitative estimate of drug-likeness (QED) is 0.426. The van der Waals surface area contributed by atoms with Crippen molar-refractivity contribution in [3.05, 3.63) is 24.3 Å². The molecule has 0 aromatic rings. The van der Waals surface area contributed by atoms with Crippen LogP contribution in [-0.2, 0) is 28.5 Å². The van der Waals surface area contributed by atoms with Crippen molar-refractivity contribution in [2.24, 2.45) is 17.8 Å². The Labute approximate surface area is 152 Å². The molecule has 26 heavy (non-hydrogen) atoms. The first-order valence-electron chi connectivity index (χ1n) is 9.30. The fourth-order valence-electron chi connectivity index (χ4n) is 5.55. The minimum absolute atomic E-state index is 0.0601. The second-order valence-electron chi connectivity index (χ2n) is 8.67. The SMILES string of the molecule is C=C(C)[C@H]1CC[C@@H]2C(=O)O[C@H]3[C@@H]2O[C@@]2(O[C@H]1C(=O)[C@@]1(C)O[C@@H]21)[C@@H]3C(=C)C. The third-order valence-electron chi connectivity index (χ3n) is 6.91. The zero-order chi connectivity index (χ0) is 18.6. The summed E-state index contributed by atoms with van der Waals surface area (Å²) >= 11 is 0. The fraction of sp³-hybridized carbons (Fsp3) is 0.700. The number of hydrogen-bond donors (Lipinski definition) is 0. The zero-order valence-electron chi connectivity index (χ0n) is 15.3. The van der Waals surface area contributed by atoms with Crippen LogP contribution in [0.4, 0.5) is 0 Å². The van der Waals surface area contributed by atoms with Gasteiger partial charge in [0.05, 0.1) is 11.8 Å². The average molecular weight is 360 g/mol. The molecule has 3 bridgehead atoms. The standard InChI is InChI=1S/C20H24O6/c1-8(2)10-6-7-11-13-15(23-17(11)22)12(9(3)4)20(24-13)18-19(5,26-18)16(21)14(10)25-20/h10-15,18H,1,3,6-7H2,2,4-5H3/t10-,11+,12-,13-,14-,15-,18-,19-,20-/m1/s1. The summed E-state index contributed by atoms with van der Waals surface area (Å²) in [7, 11) is 0. The van der Waals surface area contributed by atoms with E-state index in [-0.39, 0.29) is 29.5 Å². The van der Waals surface area contributed by atoms with Gasteiger partial charge in [0, 0.05) is 5.92 Å². The number of fused-ring (bicyclic) bond motifs is 2. The minimum atomic E-state index is -1.13. The van der Waals surface area contributed by atoms with Crippen LogP contribution in [0.25, 0.3) is 0 Å². The Morgan fingerprint density at radius 2 is 1.77 bits per heavy atom. The lowest BCUT2D eigenvalue weighted by Gasteiger charge is -2.42. The van der Waals surface area contributed by atoms with Crippen LogP contribution in [0.2, 0.25) is 0 Å². The Morgan fingerprint density at radius 1 is 1.04 bits per heavy atom. The molecule has 5 rings (SSSR count). The minimum Gasteiger partial charge on any atom is -0.458 e. The van der Waals surface area contributed by atoms with Gasteiger partial charge in [-0.15, -0.1) is 0 Å². The molecule has 0 saturated carbocycles. The summed E-state index contributed by atoms with van der Waals surface area (Å²) in [6, 6.07) is 0. The van der Waals surface area contributed by atoms with Gasteiger partial charge in [0.15, 0.2) is 11.4 Å². The Bertz CT molecular complexity index is 757. The molecule has 140 valence electrons. The highest BCUT2D eigenvalue weighted by Gasteiger charge is 2.81. The number of Topliss-reactive ketones (excluding diaryl/α,β-unsaturated/α-hetero) is 1.